The highest BCUT2D eigenvalue weighted by Crippen LogP contribution is 2.22. The summed E-state index contributed by atoms with van der Waals surface area (Å²) in [6.45, 7) is 8.19. The number of rotatable bonds is 6. The Morgan fingerprint density at radius 2 is 2.11 bits per heavy atom. The van der Waals surface area contributed by atoms with Crippen molar-refractivity contribution in [2.75, 3.05) is 6.54 Å². The molecule has 0 aromatic carbocycles. The molecule has 0 saturated heterocycles. The third-order valence-electron chi connectivity index (χ3n) is 3.20. The highest BCUT2D eigenvalue weighted by Gasteiger charge is 2.17. The molecule has 2 heterocycles. The van der Waals surface area contributed by atoms with Crippen LogP contribution < -0.4 is 5.32 Å². The SMILES string of the molecule is CCCNC(c1ccnc(C)c1)c1ccnn1CC. The van der Waals surface area contributed by atoms with Crippen molar-refractivity contribution in [3.63, 3.8) is 0 Å². The molecule has 4 heteroatoms. The number of hydrogen-bond acceptors (Lipinski definition) is 3. The number of nitrogens with one attached hydrogen (secondary N) is 1. The van der Waals surface area contributed by atoms with Crippen molar-refractivity contribution in [1.29, 1.82) is 0 Å². The monoisotopic (exact) mass is 258 g/mol. The zero-order valence-electron chi connectivity index (χ0n) is 11.9. The van der Waals surface area contributed by atoms with Gasteiger partial charge in [-0.1, -0.05) is 6.92 Å². The van der Waals surface area contributed by atoms with E-state index in [1.54, 1.807) is 0 Å². The maximum atomic E-state index is 4.37. The fourth-order valence-corrected chi connectivity index (χ4v) is 2.28. The van der Waals surface area contributed by atoms with Crippen molar-refractivity contribution in [3.05, 3.63) is 47.5 Å². The minimum Gasteiger partial charge on any atom is -0.305 e. The first kappa shape index (κ1) is 13.7. The Hall–Kier alpha value is -1.68. The highest BCUT2D eigenvalue weighted by molar-refractivity contribution is 5.27. The largest absolute Gasteiger partial charge is 0.305 e. The van der Waals surface area contributed by atoms with E-state index in [0.717, 1.165) is 25.2 Å². The predicted molar refractivity (Wildman–Crippen MR) is 77.0 cm³/mol. The van der Waals surface area contributed by atoms with Crippen molar-refractivity contribution in [2.45, 2.75) is 39.8 Å². The fourth-order valence-electron chi connectivity index (χ4n) is 2.28. The van der Waals surface area contributed by atoms with Crippen LogP contribution in [0.1, 0.15) is 43.3 Å². The third-order valence-corrected chi connectivity index (χ3v) is 3.20. The lowest BCUT2D eigenvalue weighted by Crippen LogP contribution is -2.26. The van der Waals surface area contributed by atoms with Gasteiger partial charge in [0, 0.05) is 24.6 Å². The van der Waals surface area contributed by atoms with Crippen LogP contribution in [0.4, 0.5) is 0 Å². The Morgan fingerprint density at radius 3 is 2.79 bits per heavy atom. The van der Waals surface area contributed by atoms with E-state index in [4.69, 9.17) is 0 Å². The molecule has 2 aromatic rings. The van der Waals surface area contributed by atoms with Crippen LogP contribution in [0.3, 0.4) is 0 Å². The summed E-state index contributed by atoms with van der Waals surface area (Å²) in [5, 5.41) is 7.97. The standard InChI is InChI=1S/C15H22N4/c1-4-8-17-15(13-6-9-16-12(3)11-13)14-7-10-18-19(14)5-2/h6-7,9-11,15,17H,4-5,8H2,1-3H3. The molecule has 0 radical (unpaired) electrons. The molecule has 19 heavy (non-hydrogen) atoms. The van der Waals surface area contributed by atoms with Gasteiger partial charge >= 0.3 is 0 Å². The van der Waals surface area contributed by atoms with Gasteiger partial charge in [0.2, 0.25) is 0 Å². The molecule has 2 aromatic heterocycles. The van der Waals surface area contributed by atoms with Gasteiger partial charge in [-0.3, -0.25) is 9.67 Å². The zero-order valence-corrected chi connectivity index (χ0v) is 11.9. The van der Waals surface area contributed by atoms with Gasteiger partial charge in [-0.15, -0.1) is 0 Å². The molecule has 1 unspecified atom stereocenters. The van der Waals surface area contributed by atoms with Gasteiger partial charge in [-0.2, -0.15) is 5.10 Å². The number of pyridine rings is 1. The minimum absolute atomic E-state index is 0.184. The Balaban J connectivity index is 2.35. The van der Waals surface area contributed by atoms with Crippen LogP contribution in [0.25, 0.3) is 0 Å². The van der Waals surface area contributed by atoms with Gasteiger partial charge in [-0.05, 0) is 50.6 Å². The average Bonchev–Trinajstić information content (AvgIpc) is 2.88. The van der Waals surface area contributed by atoms with Gasteiger partial charge in [0.15, 0.2) is 0 Å². The summed E-state index contributed by atoms with van der Waals surface area (Å²) < 4.78 is 2.04. The van der Waals surface area contributed by atoms with Crippen LogP contribution in [0.2, 0.25) is 0 Å². The van der Waals surface area contributed by atoms with Crippen LogP contribution in [0, 0.1) is 6.92 Å². The summed E-state index contributed by atoms with van der Waals surface area (Å²) in [4.78, 5) is 4.28. The van der Waals surface area contributed by atoms with E-state index in [1.165, 1.54) is 11.3 Å². The van der Waals surface area contributed by atoms with Gasteiger partial charge in [0.1, 0.15) is 0 Å². The molecule has 4 nitrogen and oxygen atoms in total. The molecular formula is C15H22N4. The molecule has 0 aliphatic carbocycles. The second kappa shape index (κ2) is 6.48. The van der Waals surface area contributed by atoms with Crippen LogP contribution >= 0.6 is 0 Å². The first-order valence-electron chi connectivity index (χ1n) is 6.93. The number of aromatic nitrogens is 3. The Kier molecular flexibility index (Phi) is 4.68. The molecule has 102 valence electrons. The topological polar surface area (TPSA) is 42.7 Å². The van der Waals surface area contributed by atoms with E-state index in [2.05, 4.69) is 47.4 Å². The second-order valence-electron chi connectivity index (χ2n) is 4.69. The third kappa shape index (κ3) is 3.20. The summed E-state index contributed by atoms with van der Waals surface area (Å²) in [7, 11) is 0. The van der Waals surface area contributed by atoms with E-state index in [-0.39, 0.29) is 6.04 Å². The quantitative estimate of drug-likeness (QED) is 0.866. The smallest absolute Gasteiger partial charge is 0.0749 e. The van der Waals surface area contributed by atoms with E-state index in [9.17, 15) is 0 Å². The van der Waals surface area contributed by atoms with Crippen molar-refractivity contribution >= 4 is 0 Å². The van der Waals surface area contributed by atoms with E-state index >= 15 is 0 Å². The lowest BCUT2D eigenvalue weighted by Gasteiger charge is -2.20. The molecule has 0 saturated carbocycles. The van der Waals surface area contributed by atoms with E-state index in [1.807, 2.05) is 24.0 Å². The molecule has 0 amide bonds. The molecule has 0 aliphatic heterocycles. The number of hydrogen-bond donors (Lipinski definition) is 1. The zero-order chi connectivity index (χ0) is 13.7. The van der Waals surface area contributed by atoms with Crippen LogP contribution in [-0.4, -0.2) is 21.3 Å². The van der Waals surface area contributed by atoms with Crippen molar-refractivity contribution in [1.82, 2.24) is 20.1 Å². The predicted octanol–water partition coefficient (Wildman–Crippen LogP) is 2.70. The van der Waals surface area contributed by atoms with Gasteiger partial charge in [0.25, 0.3) is 0 Å². The van der Waals surface area contributed by atoms with Gasteiger partial charge in [0.05, 0.1) is 11.7 Å². The molecule has 1 atom stereocenters. The Bertz CT molecular complexity index is 518. The fraction of sp³-hybridized carbons (Fsp3) is 0.467. The van der Waals surface area contributed by atoms with Crippen LogP contribution in [0.15, 0.2) is 30.6 Å². The Labute approximate surface area is 114 Å². The van der Waals surface area contributed by atoms with Crippen molar-refractivity contribution in [2.24, 2.45) is 0 Å². The summed E-state index contributed by atoms with van der Waals surface area (Å²) in [6.07, 6.45) is 4.85. The molecule has 2 rings (SSSR count). The average molecular weight is 258 g/mol. The number of nitrogens with zero attached hydrogens (tertiary/aromatic N) is 3. The molecule has 0 bridgehead atoms. The lowest BCUT2D eigenvalue weighted by molar-refractivity contribution is 0.529. The Morgan fingerprint density at radius 1 is 1.26 bits per heavy atom. The van der Waals surface area contributed by atoms with Crippen molar-refractivity contribution < 1.29 is 0 Å². The first-order valence-corrected chi connectivity index (χ1v) is 6.93. The summed E-state index contributed by atoms with van der Waals surface area (Å²) in [6, 6.07) is 6.49. The maximum absolute atomic E-state index is 4.37. The minimum atomic E-state index is 0.184. The molecule has 0 fully saturated rings. The molecule has 0 aliphatic rings. The van der Waals surface area contributed by atoms with E-state index in [0.29, 0.717) is 0 Å². The highest BCUT2D eigenvalue weighted by atomic mass is 15.3. The van der Waals surface area contributed by atoms with Gasteiger partial charge in [-0.25, -0.2) is 0 Å². The van der Waals surface area contributed by atoms with Gasteiger partial charge < -0.3 is 5.32 Å². The van der Waals surface area contributed by atoms with Crippen molar-refractivity contribution in [3.8, 4) is 0 Å². The number of aryl methyl sites for hydroxylation is 2. The maximum Gasteiger partial charge on any atom is 0.0749 e. The molecular weight excluding hydrogens is 236 g/mol. The second-order valence-corrected chi connectivity index (χ2v) is 4.69. The summed E-state index contributed by atoms with van der Waals surface area (Å²) in [5.41, 5.74) is 3.50. The normalized spacial score (nSPS) is 12.6. The molecule has 0 spiro atoms. The lowest BCUT2D eigenvalue weighted by atomic mass is 10.0. The van der Waals surface area contributed by atoms with E-state index < -0.39 is 0 Å². The summed E-state index contributed by atoms with van der Waals surface area (Å²) >= 11 is 0. The van der Waals surface area contributed by atoms with Crippen LogP contribution in [-0.2, 0) is 6.54 Å². The summed E-state index contributed by atoms with van der Waals surface area (Å²) in [5.74, 6) is 0. The van der Waals surface area contributed by atoms with Crippen LogP contribution in [0.5, 0.6) is 0 Å². The molecule has 1 N–H and O–H groups in total. The first-order chi connectivity index (χ1) is 9.26.